The zero-order chi connectivity index (χ0) is 15.2. The molecule has 1 unspecified atom stereocenters. The number of anilines is 1. The van der Waals surface area contributed by atoms with E-state index < -0.39 is 0 Å². The molecule has 1 aromatic carbocycles. The molecule has 0 saturated heterocycles. The van der Waals surface area contributed by atoms with Gasteiger partial charge in [0, 0.05) is 11.8 Å². The van der Waals surface area contributed by atoms with Crippen molar-refractivity contribution in [3.05, 3.63) is 53.9 Å². The van der Waals surface area contributed by atoms with Gasteiger partial charge in [0.1, 0.15) is 5.75 Å². The molecular formula is C16H19N3O2. The van der Waals surface area contributed by atoms with Crippen molar-refractivity contribution in [3.63, 3.8) is 0 Å². The van der Waals surface area contributed by atoms with Crippen LogP contribution in [-0.2, 0) is 0 Å². The Hall–Kier alpha value is -2.56. The molecule has 110 valence electrons. The van der Waals surface area contributed by atoms with Gasteiger partial charge < -0.3 is 15.4 Å². The highest BCUT2D eigenvalue weighted by Crippen LogP contribution is 2.26. The third kappa shape index (κ3) is 3.95. The van der Waals surface area contributed by atoms with Crippen molar-refractivity contribution in [1.29, 1.82) is 0 Å². The molecule has 0 bridgehead atoms. The van der Waals surface area contributed by atoms with E-state index in [2.05, 4.69) is 15.6 Å². The van der Waals surface area contributed by atoms with Gasteiger partial charge in [0.25, 0.3) is 0 Å². The second kappa shape index (κ2) is 6.74. The Morgan fingerprint density at radius 2 is 2.14 bits per heavy atom. The number of carbonyl (C=O) groups excluding carboxylic acids is 1. The molecule has 0 aliphatic carbocycles. The minimum atomic E-state index is -0.279. The van der Waals surface area contributed by atoms with Crippen LogP contribution in [0.1, 0.15) is 24.1 Å². The van der Waals surface area contributed by atoms with Crippen molar-refractivity contribution < 1.29 is 9.53 Å². The fourth-order valence-corrected chi connectivity index (χ4v) is 2.07. The van der Waals surface area contributed by atoms with Gasteiger partial charge in [-0.25, -0.2) is 4.79 Å². The van der Waals surface area contributed by atoms with Crippen LogP contribution in [-0.4, -0.2) is 18.1 Å². The van der Waals surface area contributed by atoms with Crippen molar-refractivity contribution >= 4 is 11.7 Å². The van der Waals surface area contributed by atoms with Crippen molar-refractivity contribution in [2.75, 3.05) is 12.4 Å². The largest absolute Gasteiger partial charge is 0.496 e. The fourth-order valence-electron chi connectivity index (χ4n) is 2.07. The summed E-state index contributed by atoms with van der Waals surface area (Å²) in [6.07, 6.45) is 3.25. The number of hydrogen-bond acceptors (Lipinski definition) is 3. The summed E-state index contributed by atoms with van der Waals surface area (Å²) in [5.41, 5.74) is 2.71. The molecule has 0 fully saturated rings. The van der Waals surface area contributed by atoms with Gasteiger partial charge in [-0.2, -0.15) is 0 Å². The molecule has 0 saturated carbocycles. The van der Waals surface area contributed by atoms with Crippen LogP contribution in [0.2, 0.25) is 0 Å². The first-order chi connectivity index (χ1) is 10.1. The fraction of sp³-hybridized carbons (Fsp3) is 0.250. The number of carbonyl (C=O) groups is 1. The van der Waals surface area contributed by atoms with Gasteiger partial charge in [0.15, 0.2) is 0 Å². The second-order valence-corrected chi connectivity index (χ2v) is 4.81. The first kappa shape index (κ1) is 14.8. The Labute approximate surface area is 124 Å². The first-order valence-corrected chi connectivity index (χ1v) is 6.72. The summed E-state index contributed by atoms with van der Waals surface area (Å²) < 4.78 is 5.34. The lowest BCUT2D eigenvalue weighted by Crippen LogP contribution is -2.31. The molecule has 21 heavy (non-hydrogen) atoms. The summed E-state index contributed by atoms with van der Waals surface area (Å²) >= 11 is 0. The summed E-state index contributed by atoms with van der Waals surface area (Å²) in [6, 6.07) is 8.99. The van der Waals surface area contributed by atoms with E-state index in [1.165, 1.54) is 0 Å². The monoisotopic (exact) mass is 285 g/mol. The summed E-state index contributed by atoms with van der Waals surface area (Å²) in [5, 5.41) is 5.63. The van der Waals surface area contributed by atoms with Gasteiger partial charge in [0.2, 0.25) is 0 Å². The Kier molecular flexibility index (Phi) is 4.77. The number of ether oxygens (including phenoxy) is 1. The molecule has 1 atom stereocenters. The number of pyridine rings is 1. The molecule has 5 heteroatoms. The number of nitrogens with one attached hydrogen (secondary N) is 2. The number of nitrogens with zero attached hydrogens (tertiary/aromatic N) is 1. The van der Waals surface area contributed by atoms with E-state index >= 15 is 0 Å². The van der Waals surface area contributed by atoms with Gasteiger partial charge in [-0.15, -0.1) is 0 Å². The third-order valence-corrected chi connectivity index (χ3v) is 3.12. The predicted octanol–water partition coefficient (Wildman–Crippen LogP) is 3.28. The van der Waals surface area contributed by atoms with Crippen molar-refractivity contribution in [2.24, 2.45) is 0 Å². The molecule has 0 aliphatic rings. The Bertz CT molecular complexity index is 614. The Morgan fingerprint density at radius 3 is 2.81 bits per heavy atom. The highest BCUT2D eigenvalue weighted by atomic mass is 16.5. The number of aromatic nitrogens is 1. The summed E-state index contributed by atoms with van der Waals surface area (Å²) in [5.74, 6) is 0.759. The van der Waals surface area contributed by atoms with Crippen molar-refractivity contribution in [2.45, 2.75) is 19.9 Å². The topological polar surface area (TPSA) is 63.2 Å². The highest BCUT2D eigenvalue weighted by Gasteiger charge is 2.14. The molecular weight excluding hydrogens is 266 g/mol. The zero-order valence-electron chi connectivity index (χ0n) is 12.4. The molecule has 0 aliphatic heterocycles. The van der Waals surface area contributed by atoms with E-state index in [0.717, 1.165) is 16.9 Å². The number of benzene rings is 1. The first-order valence-electron chi connectivity index (χ1n) is 6.72. The molecule has 2 amide bonds. The number of aryl methyl sites for hydroxylation is 1. The molecule has 0 spiro atoms. The van der Waals surface area contributed by atoms with Gasteiger partial charge in [-0.1, -0.05) is 17.7 Å². The smallest absolute Gasteiger partial charge is 0.319 e. The Morgan fingerprint density at radius 1 is 1.33 bits per heavy atom. The standard InChI is InChI=1S/C16H19N3O2/c1-11-6-7-15(21-3)14(9-11)12(2)18-16(20)19-13-5-4-8-17-10-13/h4-10,12H,1-3H3,(H2,18,19,20). The minimum Gasteiger partial charge on any atom is -0.496 e. The van der Waals surface area contributed by atoms with Crippen LogP contribution in [0, 0.1) is 6.92 Å². The molecule has 1 aromatic heterocycles. The average molecular weight is 285 g/mol. The maximum Gasteiger partial charge on any atom is 0.319 e. The van der Waals surface area contributed by atoms with E-state index in [0.29, 0.717) is 5.69 Å². The number of methoxy groups -OCH3 is 1. The normalized spacial score (nSPS) is 11.6. The van der Waals surface area contributed by atoms with Gasteiger partial charge >= 0.3 is 6.03 Å². The van der Waals surface area contributed by atoms with Crippen LogP contribution in [0.4, 0.5) is 10.5 Å². The van der Waals surface area contributed by atoms with Crippen LogP contribution in [0.5, 0.6) is 5.75 Å². The molecule has 0 radical (unpaired) electrons. The van der Waals surface area contributed by atoms with Crippen LogP contribution in [0.3, 0.4) is 0 Å². The van der Waals surface area contributed by atoms with Crippen LogP contribution >= 0.6 is 0 Å². The van der Waals surface area contributed by atoms with E-state index in [9.17, 15) is 4.79 Å². The van der Waals surface area contributed by atoms with Gasteiger partial charge in [-0.05, 0) is 32.0 Å². The van der Waals surface area contributed by atoms with Crippen LogP contribution in [0.25, 0.3) is 0 Å². The average Bonchev–Trinajstić information content (AvgIpc) is 2.48. The van der Waals surface area contributed by atoms with E-state index in [1.807, 2.05) is 32.0 Å². The molecule has 1 heterocycles. The number of urea groups is 1. The lowest BCUT2D eigenvalue weighted by atomic mass is 10.0. The summed E-state index contributed by atoms with van der Waals surface area (Å²) in [7, 11) is 1.62. The Balaban J connectivity index is 2.05. The maximum atomic E-state index is 12.0. The van der Waals surface area contributed by atoms with E-state index in [1.54, 1.807) is 31.6 Å². The zero-order valence-corrected chi connectivity index (χ0v) is 12.4. The van der Waals surface area contributed by atoms with Crippen LogP contribution in [0.15, 0.2) is 42.7 Å². The van der Waals surface area contributed by atoms with Gasteiger partial charge in [-0.3, -0.25) is 4.98 Å². The van der Waals surface area contributed by atoms with E-state index in [-0.39, 0.29) is 12.1 Å². The lowest BCUT2D eigenvalue weighted by Gasteiger charge is -2.18. The number of hydrogen-bond donors (Lipinski definition) is 2. The third-order valence-electron chi connectivity index (χ3n) is 3.12. The minimum absolute atomic E-state index is 0.170. The SMILES string of the molecule is COc1ccc(C)cc1C(C)NC(=O)Nc1cccnc1. The second-order valence-electron chi connectivity index (χ2n) is 4.81. The molecule has 2 N–H and O–H groups in total. The quantitative estimate of drug-likeness (QED) is 0.906. The molecule has 2 aromatic rings. The van der Waals surface area contributed by atoms with Crippen molar-refractivity contribution in [3.8, 4) is 5.75 Å². The lowest BCUT2D eigenvalue weighted by molar-refractivity contribution is 0.249. The number of amides is 2. The molecule has 5 nitrogen and oxygen atoms in total. The van der Waals surface area contributed by atoms with E-state index in [4.69, 9.17) is 4.74 Å². The number of rotatable bonds is 4. The summed E-state index contributed by atoms with van der Waals surface area (Å²) in [4.78, 5) is 15.9. The summed E-state index contributed by atoms with van der Waals surface area (Å²) in [6.45, 7) is 3.92. The van der Waals surface area contributed by atoms with Crippen molar-refractivity contribution in [1.82, 2.24) is 10.3 Å². The molecule has 2 rings (SSSR count). The maximum absolute atomic E-state index is 12.0. The van der Waals surface area contributed by atoms with Crippen LogP contribution < -0.4 is 15.4 Å². The highest BCUT2D eigenvalue weighted by molar-refractivity contribution is 5.89. The van der Waals surface area contributed by atoms with Gasteiger partial charge in [0.05, 0.1) is 25.0 Å². The predicted molar refractivity (Wildman–Crippen MR) is 82.5 cm³/mol.